The Bertz CT molecular complexity index is 309. The van der Waals surface area contributed by atoms with Crippen molar-refractivity contribution in [2.45, 2.75) is 5.16 Å². The van der Waals surface area contributed by atoms with Gasteiger partial charge in [0.25, 0.3) is 5.95 Å². The smallest absolute Gasteiger partial charge is 0.258 e. The summed E-state index contributed by atoms with van der Waals surface area (Å²) in [5.41, 5.74) is 7.17. The number of rotatable bonds is 4. The molecule has 8 nitrogen and oxygen atoms in total. The monoisotopic (exact) mass is 203 g/mol. The topological polar surface area (TPSA) is 138 Å². The number of nitrogens with zero attached hydrogens (tertiary/aromatic N) is 3. The summed E-state index contributed by atoms with van der Waals surface area (Å²) >= 11 is 1.09. The van der Waals surface area contributed by atoms with Gasteiger partial charge >= 0.3 is 0 Å². The van der Waals surface area contributed by atoms with Gasteiger partial charge in [0.1, 0.15) is 0 Å². The molecule has 0 aliphatic rings. The summed E-state index contributed by atoms with van der Waals surface area (Å²) in [5, 5.41) is 7.62. The van der Waals surface area contributed by atoms with E-state index in [0.717, 1.165) is 16.4 Å². The van der Waals surface area contributed by atoms with Crippen LogP contribution in [0, 0.1) is 0 Å². The summed E-state index contributed by atoms with van der Waals surface area (Å²) in [6, 6.07) is 0. The Labute approximate surface area is 77.8 Å². The lowest BCUT2D eigenvalue weighted by Crippen LogP contribution is -2.19. The van der Waals surface area contributed by atoms with Gasteiger partial charge in [-0.3, -0.25) is 10.2 Å². The van der Waals surface area contributed by atoms with E-state index in [4.69, 9.17) is 17.4 Å². The summed E-state index contributed by atoms with van der Waals surface area (Å²) in [4.78, 5) is 10.4. The number of primary amides is 1. The number of hydrogen-bond donors (Lipinski definition) is 4. The molecular weight excluding hydrogens is 194 g/mol. The third kappa shape index (κ3) is 2.23. The molecule has 0 aliphatic carbocycles. The molecule has 0 bridgehead atoms. The summed E-state index contributed by atoms with van der Waals surface area (Å²) in [7, 11) is 0. The largest absolute Gasteiger partial charge is 0.369 e. The first-order valence-electron chi connectivity index (χ1n) is 3.23. The number of thioether (sulfide) groups is 1. The third-order valence-electron chi connectivity index (χ3n) is 1.14. The van der Waals surface area contributed by atoms with Crippen LogP contribution < -0.4 is 22.8 Å². The van der Waals surface area contributed by atoms with E-state index in [2.05, 4.69) is 15.6 Å². The Morgan fingerprint density at radius 3 is 2.77 bits per heavy atom. The number of nitrogens with two attached hydrogens (primary N) is 3. The molecule has 72 valence electrons. The summed E-state index contributed by atoms with van der Waals surface area (Å²) in [6.45, 7) is 0. The molecule has 1 amide bonds. The van der Waals surface area contributed by atoms with Gasteiger partial charge in [-0.05, 0) is 0 Å². The molecule has 0 aromatic carbocycles. The molecule has 7 N–H and O–H groups in total. The molecular formula is C4H9N7OS. The number of anilines is 1. The predicted octanol–water partition coefficient (Wildman–Crippen LogP) is -2.15. The van der Waals surface area contributed by atoms with Crippen LogP contribution in [0.15, 0.2) is 5.16 Å². The van der Waals surface area contributed by atoms with E-state index in [0.29, 0.717) is 5.16 Å². The molecule has 0 fully saturated rings. The molecule has 1 rings (SSSR count). The Morgan fingerprint density at radius 1 is 1.62 bits per heavy atom. The molecule has 0 saturated heterocycles. The number of carbonyl (C=O) groups excluding carboxylic acids is 1. The van der Waals surface area contributed by atoms with Crippen LogP contribution >= 0.6 is 11.8 Å². The highest BCUT2D eigenvalue weighted by molar-refractivity contribution is 7.99. The minimum absolute atomic E-state index is 0.0971. The number of carbonyl (C=O) groups is 1. The Balaban J connectivity index is 2.67. The maximum Gasteiger partial charge on any atom is 0.258 e. The minimum Gasteiger partial charge on any atom is -0.369 e. The zero-order valence-corrected chi connectivity index (χ0v) is 7.41. The van der Waals surface area contributed by atoms with Crippen molar-refractivity contribution in [1.29, 1.82) is 0 Å². The Morgan fingerprint density at radius 2 is 2.31 bits per heavy atom. The van der Waals surface area contributed by atoms with Crippen molar-refractivity contribution in [1.82, 2.24) is 14.9 Å². The average molecular weight is 203 g/mol. The standard InChI is InChI=1S/C4H9N7OS/c5-2(12)1-13-4-10-9-3(8-6)11(4)7/h1,6-7H2,(H2,5,12)(H,8,9). The van der Waals surface area contributed by atoms with E-state index in [1.807, 2.05) is 0 Å². The summed E-state index contributed by atoms with van der Waals surface area (Å²) in [6.07, 6.45) is 0. The Kier molecular flexibility index (Phi) is 2.93. The van der Waals surface area contributed by atoms with E-state index in [1.54, 1.807) is 0 Å². The fourth-order valence-corrected chi connectivity index (χ4v) is 1.21. The second-order valence-electron chi connectivity index (χ2n) is 2.08. The number of nitrogen functional groups attached to an aromatic ring is 2. The van der Waals surface area contributed by atoms with Gasteiger partial charge in [0.2, 0.25) is 11.1 Å². The first kappa shape index (κ1) is 9.61. The number of nitrogens with one attached hydrogen (secondary N) is 1. The molecule has 9 heteroatoms. The molecule has 13 heavy (non-hydrogen) atoms. The van der Waals surface area contributed by atoms with Gasteiger partial charge in [0, 0.05) is 0 Å². The zero-order chi connectivity index (χ0) is 9.84. The van der Waals surface area contributed by atoms with Crippen molar-refractivity contribution >= 4 is 23.6 Å². The molecule has 0 aliphatic heterocycles. The lowest BCUT2D eigenvalue weighted by molar-refractivity contribution is -0.115. The molecule has 0 saturated carbocycles. The zero-order valence-electron chi connectivity index (χ0n) is 6.60. The molecule has 0 radical (unpaired) electrons. The van der Waals surface area contributed by atoms with Gasteiger partial charge in [0.05, 0.1) is 5.75 Å². The molecule has 0 unspecified atom stereocenters. The first-order chi connectivity index (χ1) is 6.15. The van der Waals surface area contributed by atoms with Gasteiger partial charge in [-0.1, -0.05) is 11.8 Å². The minimum atomic E-state index is -0.449. The molecule has 1 aromatic rings. The normalized spacial score (nSPS) is 9.92. The van der Waals surface area contributed by atoms with Gasteiger partial charge in [0.15, 0.2) is 0 Å². The molecule has 1 heterocycles. The highest BCUT2D eigenvalue weighted by atomic mass is 32.2. The van der Waals surface area contributed by atoms with E-state index >= 15 is 0 Å². The molecule has 1 aromatic heterocycles. The lowest BCUT2D eigenvalue weighted by Gasteiger charge is -2.00. The van der Waals surface area contributed by atoms with Gasteiger partial charge in [-0.25, -0.2) is 10.5 Å². The Hall–Kier alpha value is -1.48. The van der Waals surface area contributed by atoms with Crippen LogP contribution in [-0.2, 0) is 4.79 Å². The van der Waals surface area contributed by atoms with Crippen molar-refractivity contribution in [3.8, 4) is 0 Å². The highest BCUT2D eigenvalue weighted by Gasteiger charge is 2.09. The maximum atomic E-state index is 10.4. The SMILES string of the molecule is NNc1nnc(SCC(N)=O)n1N. The third-order valence-corrected chi connectivity index (χ3v) is 2.10. The average Bonchev–Trinajstić information content (AvgIpc) is 2.43. The van der Waals surface area contributed by atoms with Crippen LogP contribution in [0.25, 0.3) is 0 Å². The number of aromatic nitrogens is 3. The van der Waals surface area contributed by atoms with Crippen LogP contribution in [-0.4, -0.2) is 26.5 Å². The fraction of sp³-hybridized carbons (Fsp3) is 0.250. The van der Waals surface area contributed by atoms with Crippen LogP contribution in [0.4, 0.5) is 5.95 Å². The highest BCUT2D eigenvalue weighted by Crippen LogP contribution is 2.14. The van der Waals surface area contributed by atoms with Gasteiger partial charge in [-0.2, -0.15) is 0 Å². The van der Waals surface area contributed by atoms with Gasteiger partial charge in [-0.15, -0.1) is 10.2 Å². The number of hydrogen-bond acceptors (Lipinski definition) is 7. The van der Waals surface area contributed by atoms with Crippen LogP contribution in [0.2, 0.25) is 0 Å². The van der Waals surface area contributed by atoms with Gasteiger partial charge < -0.3 is 11.6 Å². The summed E-state index contributed by atoms with van der Waals surface area (Å²) in [5.74, 6) is 10.4. The van der Waals surface area contributed by atoms with Crippen molar-refractivity contribution in [3.63, 3.8) is 0 Å². The number of hydrazine groups is 1. The lowest BCUT2D eigenvalue weighted by atomic mass is 10.8. The second kappa shape index (κ2) is 3.96. The van der Waals surface area contributed by atoms with Crippen LogP contribution in [0.3, 0.4) is 0 Å². The number of amides is 1. The molecule has 0 atom stereocenters. The quantitative estimate of drug-likeness (QED) is 0.249. The van der Waals surface area contributed by atoms with Crippen LogP contribution in [0.5, 0.6) is 0 Å². The van der Waals surface area contributed by atoms with E-state index < -0.39 is 5.91 Å². The molecule has 0 spiro atoms. The maximum absolute atomic E-state index is 10.4. The second-order valence-corrected chi connectivity index (χ2v) is 3.02. The predicted molar refractivity (Wildman–Crippen MR) is 47.9 cm³/mol. The fourth-order valence-electron chi connectivity index (χ4n) is 0.610. The van der Waals surface area contributed by atoms with Crippen molar-refractivity contribution in [3.05, 3.63) is 0 Å². The van der Waals surface area contributed by atoms with E-state index in [-0.39, 0.29) is 11.7 Å². The van der Waals surface area contributed by atoms with E-state index in [1.165, 1.54) is 0 Å². The van der Waals surface area contributed by atoms with Crippen molar-refractivity contribution in [2.24, 2.45) is 11.6 Å². The van der Waals surface area contributed by atoms with E-state index in [9.17, 15) is 4.79 Å². The first-order valence-corrected chi connectivity index (χ1v) is 4.22. The summed E-state index contributed by atoms with van der Waals surface area (Å²) < 4.78 is 1.13. The van der Waals surface area contributed by atoms with Crippen molar-refractivity contribution < 1.29 is 4.79 Å². The van der Waals surface area contributed by atoms with Crippen molar-refractivity contribution in [2.75, 3.05) is 17.0 Å². The van der Waals surface area contributed by atoms with Crippen LogP contribution in [0.1, 0.15) is 0 Å².